The van der Waals surface area contributed by atoms with Gasteiger partial charge in [-0.3, -0.25) is 4.98 Å². The first-order valence-corrected chi connectivity index (χ1v) is 19.9. The van der Waals surface area contributed by atoms with Gasteiger partial charge in [-0.25, -0.2) is 0 Å². The average molecular weight is 650 g/mol. The molecule has 0 aliphatic rings. The molecule has 1 heterocycles. The monoisotopic (exact) mass is 650 g/mol. The molecule has 0 atom stereocenters. The zero-order valence-corrected chi connectivity index (χ0v) is 30.9. The third-order valence-electron chi connectivity index (χ3n) is 8.97. The number of unbranched alkanes of at least 4 members (excludes halogenated alkanes) is 21. The summed E-state index contributed by atoms with van der Waals surface area (Å²) in [6.07, 6.45) is 38.8. The fourth-order valence-electron chi connectivity index (χ4n) is 5.96. The van der Waals surface area contributed by atoms with E-state index in [-0.39, 0.29) is 0 Å². The van der Waals surface area contributed by atoms with Gasteiger partial charge >= 0.3 is 0 Å². The van der Waals surface area contributed by atoms with Gasteiger partial charge < -0.3 is 14.2 Å². The molecule has 266 valence electrons. The first-order valence-electron chi connectivity index (χ1n) is 19.9. The summed E-state index contributed by atoms with van der Waals surface area (Å²) in [5.41, 5.74) is 2.19. The lowest BCUT2D eigenvalue weighted by Gasteiger charge is -2.18. The Kier molecular flexibility index (Phi) is 25.7. The molecule has 47 heavy (non-hydrogen) atoms. The van der Waals surface area contributed by atoms with E-state index in [1.54, 1.807) is 0 Å². The van der Waals surface area contributed by atoms with E-state index in [9.17, 15) is 0 Å². The van der Waals surface area contributed by atoms with E-state index < -0.39 is 0 Å². The first-order chi connectivity index (χ1) is 23.3. The van der Waals surface area contributed by atoms with Crippen molar-refractivity contribution in [1.29, 1.82) is 0 Å². The zero-order valence-electron chi connectivity index (χ0n) is 30.9. The molecule has 0 fully saturated rings. The van der Waals surface area contributed by atoms with E-state index in [1.165, 1.54) is 135 Å². The number of pyridine rings is 1. The van der Waals surface area contributed by atoms with Crippen LogP contribution in [0.25, 0.3) is 12.2 Å². The van der Waals surface area contributed by atoms with Gasteiger partial charge in [0.15, 0.2) is 11.5 Å². The predicted octanol–water partition coefficient (Wildman–Crippen LogP) is 13.8. The van der Waals surface area contributed by atoms with Crippen LogP contribution in [0, 0.1) is 0 Å². The number of benzene rings is 1. The molecule has 2 aromatic rings. The van der Waals surface area contributed by atoms with Crippen molar-refractivity contribution in [3.63, 3.8) is 0 Å². The number of rotatable bonds is 32. The molecule has 0 unspecified atom stereocenters. The van der Waals surface area contributed by atoms with Gasteiger partial charge in [-0.15, -0.1) is 0 Å². The second-order valence-corrected chi connectivity index (χ2v) is 13.4. The molecule has 1 aromatic heterocycles. The molecule has 2 rings (SSSR count). The van der Waals surface area contributed by atoms with Crippen molar-refractivity contribution in [3.05, 3.63) is 47.8 Å². The minimum Gasteiger partial charge on any atom is -0.490 e. The molecule has 1 aromatic carbocycles. The summed E-state index contributed by atoms with van der Waals surface area (Å²) < 4.78 is 19.5. The molecule has 0 saturated heterocycles. The van der Waals surface area contributed by atoms with Crippen LogP contribution in [-0.4, -0.2) is 24.8 Å². The first kappa shape index (κ1) is 40.7. The topological polar surface area (TPSA) is 40.6 Å². The molecule has 0 aliphatic carbocycles. The highest BCUT2D eigenvalue weighted by Gasteiger charge is 2.16. The summed E-state index contributed by atoms with van der Waals surface area (Å²) in [7, 11) is 0. The lowest BCUT2D eigenvalue weighted by atomic mass is 10.1. The molecule has 0 radical (unpaired) electrons. The number of hydrogen-bond acceptors (Lipinski definition) is 4. The standard InChI is InChI=1S/C43H71NO3/c1-4-7-10-13-16-19-22-25-34-45-41-37-40(29-28-39-30-32-44-33-31-39)38-42(46-35-26-23-20-17-14-11-8-5-2)43(41)47-36-27-24-21-18-15-12-9-6-3/h28-33,37-38H,4-27,34-36H2,1-3H3/b29-28+. The van der Waals surface area contributed by atoms with Crippen LogP contribution in [-0.2, 0) is 0 Å². The van der Waals surface area contributed by atoms with Gasteiger partial charge in [0.05, 0.1) is 19.8 Å². The van der Waals surface area contributed by atoms with Crippen LogP contribution in [0.3, 0.4) is 0 Å². The quantitative estimate of drug-likeness (QED) is 0.0740. The highest BCUT2D eigenvalue weighted by Crippen LogP contribution is 2.40. The highest BCUT2D eigenvalue weighted by molar-refractivity contribution is 5.72. The normalized spacial score (nSPS) is 11.4. The Morgan fingerprint density at radius 3 is 1.17 bits per heavy atom. The second-order valence-electron chi connectivity index (χ2n) is 13.4. The SMILES string of the molecule is CCCCCCCCCCOc1cc(/C=C/c2ccncc2)cc(OCCCCCCCCCC)c1OCCCCCCCCCC. The van der Waals surface area contributed by atoms with E-state index in [2.05, 4.69) is 50.0 Å². The van der Waals surface area contributed by atoms with Crippen LogP contribution in [0.4, 0.5) is 0 Å². The lowest BCUT2D eigenvalue weighted by Crippen LogP contribution is -2.06. The Morgan fingerprint density at radius 1 is 0.426 bits per heavy atom. The van der Waals surface area contributed by atoms with Crippen molar-refractivity contribution in [2.24, 2.45) is 0 Å². The highest BCUT2D eigenvalue weighted by atomic mass is 16.5. The molecule has 4 heteroatoms. The van der Waals surface area contributed by atoms with Crippen molar-refractivity contribution in [1.82, 2.24) is 4.98 Å². The van der Waals surface area contributed by atoms with Gasteiger partial charge in [0, 0.05) is 12.4 Å². The molecular weight excluding hydrogens is 578 g/mol. The maximum Gasteiger partial charge on any atom is 0.203 e. The van der Waals surface area contributed by atoms with E-state index in [4.69, 9.17) is 14.2 Å². The van der Waals surface area contributed by atoms with Gasteiger partial charge in [-0.1, -0.05) is 168 Å². The third kappa shape index (κ3) is 21.2. The van der Waals surface area contributed by atoms with Gasteiger partial charge in [0.2, 0.25) is 5.75 Å². The Balaban J connectivity index is 2.06. The summed E-state index contributed by atoms with van der Waals surface area (Å²) in [6, 6.07) is 8.32. The number of nitrogens with zero attached hydrogens (tertiary/aromatic N) is 1. The smallest absolute Gasteiger partial charge is 0.203 e. The van der Waals surface area contributed by atoms with Crippen molar-refractivity contribution in [3.8, 4) is 17.2 Å². The number of aromatic nitrogens is 1. The molecule has 0 spiro atoms. The Morgan fingerprint density at radius 2 is 0.766 bits per heavy atom. The van der Waals surface area contributed by atoms with E-state index in [0.29, 0.717) is 19.8 Å². The number of hydrogen-bond donors (Lipinski definition) is 0. The van der Waals surface area contributed by atoms with Crippen molar-refractivity contribution < 1.29 is 14.2 Å². The van der Waals surface area contributed by atoms with Crippen LogP contribution in [0.5, 0.6) is 17.2 Å². The molecule has 0 amide bonds. The van der Waals surface area contributed by atoms with Crippen LogP contribution in [0.1, 0.15) is 186 Å². The molecule has 0 saturated carbocycles. The molecular formula is C43H71NO3. The molecule has 0 aliphatic heterocycles. The van der Waals surface area contributed by atoms with E-state index in [1.807, 2.05) is 24.5 Å². The van der Waals surface area contributed by atoms with Crippen molar-refractivity contribution >= 4 is 12.2 Å². The number of ether oxygens (including phenoxy) is 3. The Labute approximate surface area is 290 Å². The summed E-state index contributed by atoms with van der Waals surface area (Å²) in [5.74, 6) is 2.42. The predicted molar refractivity (Wildman–Crippen MR) is 204 cm³/mol. The van der Waals surface area contributed by atoms with Gasteiger partial charge in [0.25, 0.3) is 0 Å². The minimum absolute atomic E-state index is 0.698. The van der Waals surface area contributed by atoms with Crippen molar-refractivity contribution in [2.45, 2.75) is 175 Å². The largest absolute Gasteiger partial charge is 0.490 e. The van der Waals surface area contributed by atoms with E-state index >= 15 is 0 Å². The zero-order chi connectivity index (χ0) is 33.5. The summed E-state index contributed by atoms with van der Waals surface area (Å²) >= 11 is 0. The summed E-state index contributed by atoms with van der Waals surface area (Å²) in [5, 5.41) is 0. The van der Waals surface area contributed by atoms with Crippen LogP contribution >= 0.6 is 0 Å². The third-order valence-corrected chi connectivity index (χ3v) is 8.97. The fraction of sp³-hybridized carbons (Fsp3) is 0.698. The van der Waals surface area contributed by atoms with E-state index in [0.717, 1.165) is 47.6 Å². The maximum atomic E-state index is 6.52. The van der Waals surface area contributed by atoms with Crippen LogP contribution < -0.4 is 14.2 Å². The second kappa shape index (κ2) is 29.6. The average Bonchev–Trinajstić information content (AvgIpc) is 3.09. The van der Waals surface area contributed by atoms with Gasteiger partial charge in [0.1, 0.15) is 0 Å². The van der Waals surface area contributed by atoms with Crippen molar-refractivity contribution in [2.75, 3.05) is 19.8 Å². The summed E-state index contributed by atoms with van der Waals surface area (Å²) in [4.78, 5) is 4.16. The fourth-order valence-corrected chi connectivity index (χ4v) is 5.96. The maximum absolute atomic E-state index is 6.52. The molecule has 0 bridgehead atoms. The van der Waals surface area contributed by atoms with Crippen LogP contribution in [0.2, 0.25) is 0 Å². The van der Waals surface area contributed by atoms with Crippen LogP contribution in [0.15, 0.2) is 36.7 Å². The Hall–Kier alpha value is -2.49. The summed E-state index contributed by atoms with van der Waals surface area (Å²) in [6.45, 7) is 8.95. The van der Waals surface area contributed by atoms with Gasteiger partial charge in [-0.05, 0) is 54.7 Å². The molecule has 0 N–H and O–H groups in total. The molecule has 4 nitrogen and oxygen atoms in total. The van der Waals surface area contributed by atoms with Gasteiger partial charge in [-0.2, -0.15) is 0 Å². The lowest BCUT2D eigenvalue weighted by molar-refractivity contribution is 0.234. The minimum atomic E-state index is 0.698. The Bertz CT molecular complexity index is 962.